The highest BCUT2D eigenvalue weighted by atomic mass is 31.1. The Labute approximate surface area is 300 Å². The third kappa shape index (κ3) is 4.73. The molecule has 2 heteroatoms. The summed E-state index contributed by atoms with van der Waals surface area (Å²) in [5.74, 6) is 1.82. The predicted octanol–water partition coefficient (Wildman–Crippen LogP) is 11.2. The van der Waals surface area contributed by atoms with Crippen LogP contribution in [-0.2, 0) is 5.41 Å². The van der Waals surface area contributed by atoms with Crippen LogP contribution in [0.2, 0.25) is 0 Å². The number of benzene rings is 8. The Morgan fingerprint density at radius 2 is 0.784 bits per heavy atom. The van der Waals surface area contributed by atoms with Gasteiger partial charge in [-0.05, 0) is 98.7 Å². The Hall–Kier alpha value is -6.01. The van der Waals surface area contributed by atoms with Crippen LogP contribution in [0, 0.1) is 0 Å². The van der Waals surface area contributed by atoms with Crippen LogP contribution in [-0.4, -0.2) is 0 Å². The zero-order chi connectivity index (χ0) is 33.8. The number of ether oxygens (including phenoxy) is 1. The molecule has 240 valence electrons. The maximum absolute atomic E-state index is 6.69. The lowest BCUT2D eigenvalue weighted by atomic mass is 9.66. The summed E-state index contributed by atoms with van der Waals surface area (Å²) in [4.78, 5) is 0. The van der Waals surface area contributed by atoms with E-state index in [0.29, 0.717) is 0 Å². The zero-order valence-electron chi connectivity index (χ0n) is 27.9. The molecular weight excluding hydrogens is 636 g/mol. The van der Waals surface area contributed by atoms with Gasteiger partial charge < -0.3 is 4.74 Å². The molecule has 8 aromatic carbocycles. The molecule has 8 aromatic rings. The topological polar surface area (TPSA) is 9.23 Å². The van der Waals surface area contributed by atoms with Gasteiger partial charge in [0.1, 0.15) is 11.5 Å². The molecule has 0 bridgehead atoms. The second-order valence-electron chi connectivity index (χ2n) is 13.3. The van der Waals surface area contributed by atoms with Crippen molar-refractivity contribution in [3.8, 4) is 44.9 Å². The Morgan fingerprint density at radius 1 is 0.314 bits per heavy atom. The summed E-state index contributed by atoms with van der Waals surface area (Å²) in [7, 11) is -0.696. The van der Waals surface area contributed by atoms with E-state index in [1.165, 1.54) is 71.5 Å². The molecule has 0 fully saturated rings. The van der Waals surface area contributed by atoms with Gasteiger partial charge in [0.2, 0.25) is 0 Å². The first-order valence-electron chi connectivity index (χ1n) is 17.5. The molecule has 0 saturated heterocycles. The van der Waals surface area contributed by atoms with Crippen molar-refractivity contribution in [2.24, 2.45) is 0 Å². The largest absolute Gasteiger partial charge is 0.457 e. The molecule has 0 aromatic heterocycles. The molecule has 0 amide bonds. The molecule has 1 heterocycles. The number of para-hydroxylation sites is 1. The maximum Gasteiger partial charge on any atom is 0.132 e. The minimum atomic E-state index is -0.696. The number of fused-ring (bicyclic) bond motifs is 9. The minimum Gasteiger partial charge on any atom is -0.457 e. The highest BCUT2D eigenvalue weighted by Gasteiger charge is 2.50. The molecular formula is C49H33OP. The van der Waals surface area contributed by atoms with E-state index in [-0.39, 0.29) is 0 Å². The van der Waals surface area contributed by atoms with E-state index in [2.05, 4.69) is 200 Å². The molecule has 51 heavy (non-hydrogen) atoms. The Kier molecular flexibility index (Phi) is 7.08. The van der Waals surface area contributed by atoms with Crippen molar-refractivity contribution in [3.63, 3.8) is 0 Å². The molecule has 10 rings (SSSR count). The second-order valence-corrected chi connectivity index (χ2v) is 15.5. The monoisotopic (exact) mass is 668 g/mol. The third-order valence-electron chi connectivity index (χ3n) is 10.5. The van der Waals surface area contributed by atoms with Crippen molar-refractivity contribution in [1.29, 1.82) is 0 Å². The fourth-order valence-electron chi connectivity index (χ4n) is 8.34. The predicted molar refractivity (Wildman–Crippen MR) is 213 cm³/mol. The highest BCUT2D eigenvalue weighted by Crippen LogP contribution is 2.62. The summed E-state index contributed by atoms with van der Waals surface area (Å²) in [5, 5.41) is 4.05. The summed E-state index contributed by atoms with van der Waals surface area (Å²) in [6.45, 7) is 0. The average molecular weight is 669 g/mol. The number of hydrogen-bond donors (Lipinski definition) is 0. The summed E-state index contributed by atoms with van der Waals surface area (Å²) in [6.07, 6.45) is 0. The normalized spacial score (nSPS) is 13.2. The van der Waals surface area contributed by atoms with Crippen LogP contribution in [0.25, 0.3) is 33.4 Å². The first-order chi connectivity index (χ1) is 25.3. The van der Waals surface area contributed by atoms with Crippen LogP contribution in [0.4, 0.5) is 0 Å². The third-order valence-corrected chi connectivity index (χ3v) is 12.9. The molecule has 1 aliphatic carbocycles. The van der Waals surface area contributed by atoms with Gasteiger partial charge >= 0.3 is 0 Å². The number of rotatable bonds is 5. The van der Waals surface area contributed by atoms with E-state index in [0.717, 1.165) is 11.5 Å². The van der Waals surface area contributed by atoms with Gasteiger partial charge in [0.05, 0.1) is 5.41 Å². The lowest BCUT2D eigenvalue weighted by Gasteiger charge is -2.39. The second kappa shape index (κ2) is 12.1. The molecule has 1 aliphatic heterocycles. The van der Waals surface area contributed by atoms with Crippen LogP contribution in [0.1, 0.15) is 22.3 Å². The molecule has 1 spiro atoms. The molecule has 0 saturated carbocycles. The molecule has 1 nitrogen and oxygen atoms in total. The van der Waals surface area contributed by atoms with E-state index in [1.54, 1.807) is 0 Å². The van der Waals surface area contributed by atoms with Crippen LogP contribution in [0.15, 0.2) is 200 Å². The van der Waals surface area contributed by atoms with Gasteiger partial charge in [-0.2, -0.15) is 0 Å². The molecule has 0 radical (unpaired) electrons. The van der Waals surface area contributed by atoms with E-state index >= 15 is 0 Å². The summed E-state index contributed by atoms with van der Waals surface area (Å²) >= 11 is 0. The average Bonchev–Trinajstić information content (AvgIpc) is 3.50. The first kappa shape index (κ1) is 29.9. The molecule has 0 N–H and O–H groups in total. The Balaban J connectivity index is 1.11. The van der Waals surface area contributed by atoms with E-state index in [9.17, 15) is 0 Å². The van der Waals surface area contributed by atoms with Gasteiger partial charge in [0, 0.05) is 11.1 Å². The van der Waals surface area contributed by atoms with Crippen molar-refractivity contribution >= 4 is 23.8 Å². The fourth-order valence-corrected chi connectivity index (χ4v) is 10.7. The number of hydrogen-bond acceptors (Lipinski definition) is 1. The SMILES string of the molecule is c1ccc(P(c2ccccc2)c2cccc(-c3cccc(-c4ccc5c(c4)C4(c6ccccc6O5)c5ccccc5-c5ccccc54)c3)c2)cc1. The maximum atomic E-state index is 6.69. The van der Waals surface area contributed by atoms with Crippen LogP contribution >= 0.6 is 7.92 Å². The molecule has 0 atom stereocenters. The van der Waals surface area contributed by atoms with Gasteiger partial charge in [0.25, 0.3) is 0 Å². The summed E-state index contributed by atoms with van der Waals surface area (Å²) in [6, 6.07) is 73.1. The lowest BCUT2D eigenvalue weighted by molar-refractivity contribution is 0.436. The lowest BCUT2D eigenvalue weighted by Crippen LogP contribution is -2.32. The van der Waals surface area contributed by atoms with Gasteiger partial charge in [-0.15, -0.1) is 0 Å². The fraction of sp³-hybridized carbons (Fsp3) is 0.0204. The van der Waals surface area contributed by atoms with Gasteiger partial charge in [-0.1, -0.05) is 170 Å². The van der Waals surface area contributed by atoms with Crippen molar-refractivity contribution in [2.45, 2.75) is 5.41 Å². The Bertz CT molecular complexity index is 2490. The molecule has 2 aliphatic rings. The smallest absolute Gasteiger partial charge is 0.132 e. The zero-order valence-corrected chi connectivity index (χ0v) is 28.8. The first-order valence-corrected chi connectivity index (χ1v) is 18.9. The quantitative estimate of drug-likeness (QED) is 0.166. The highest BCUT2D eigenvalue weighted by molar-refractivity contribution is 7.79. The van der Waals surface area contributed by atoms with Crippen molar-refractivity contribution in [1.82, 2.24) is 0 Å². The van der Waals surface area contributed by atoms with Crippen molar-refractivity contribution in [3.05, 3.63) is 222 Å². The van der Waals surface area contributed by atoms with Gasteiger partial charge in [0.15, 0.2) is 0 Å². The van der Waals surface area contributed by atoms with Crippen LogP contribution in [0.3, 0.4) is 0 Å². The summed E-state index contributed by atoms with van der Waals surface area (Å²) in [5.41, 5.74) is 11.8. The Morgan fingerprint density at radius 3 is 1.43 bits per heavy atom. The minimum absolute atomic E-state index is 0.481. The van der Waals surface area contributed by atoms with E-state index in [4.69, 9.17) is 4.74 Å². The molecule has 0 unspecified atom stereocenters. The van der Waals surface area contributed by atoms with Crippen LogP contribution in [0.5, 0.6) is 11.5 Å². The van der Waals surface area contributed by atoms with Crippen molar-refractivity contribution < 1.29 is 4.74 Å². The van der Waals surface area contributed by atoms with Gasteiger partial charge in [-0.3, -0.25) is 0 Å². The summed E-state index contributed by atoms with van der Waals surface area (Å²) < 4.78 is 6.69. The van der Waals surface area contributed by atoms with Crippen LogP contribution < -0.4 is 20.7 Å². The van der Waals surface area contributed by atoms with E-state index in [1.807, 2.05) is 0 Å². The van der Waals surface area contributed by atoms with Gasteiger partial charge in [-0.25, -0.2) is 0 Å². The van der Waals surface area contributed by atoms with E-state index < -0.39 is 13.3 Å². The van der Waals surface area contributed by atoms with Crippen molar-refractivity contribution in [2.75, 3.05) is 0 Å². The standard InChI is InChI=1S/C49H33OP/c1-3-18-38(19-4-1)51(39-20-5-2-6-21-39)40-22-14-17-36(32-40)34-15-13-16-35(31-34)37-29-30-48-46(33-37)49(45-27-11-12-28-47(45)50-48)43-25-9-7-23-41(43)42-24-8-10-26-44(42)49/h1-33H.